The average Bonchev–Trinajstić information content (AvgIpc) is 3.67. The summed E-state index contributed by atoms with van der Waals surface area (Å²) < 4.78 is 32.3. The molecule has 1 saturated heterocycles. The zero-order chi connectivity index (χ0) is 26.3. The maximum atomic E-state index is 13.7. The summed E-state index contributed by atoms with van der Waals surface area (Å²) in [4.78, 5) is 53.4. The molecule has 2 amide bonds. The summed E-state index contributed by atoms with van der Waals surface area (Å²) in [7, 11) is -3.84. The number of ether oxygens (including phenoxy) is 1. The van der Waals surface area contributed by atoms with Crippen molar-refractivity contribution in [2.24, 2.45) is 17.3 Å². The van der Waals surface area contributed by atoms with Crippen LogP contribution in [0.2, 0.25) is 0 Å². The molecule has 200 valence electrons. The minimum Gasteiger partial charge on any atom is -0.461 e. The smallest absolute Gasteiger partial charge is 0.302 e. The predicted molar refractivity (Wildman–Crippen MR) is 132 cm³/mol. The number of carbonyl (C=O) groups is 4. The number of fused-ring (bicyclic) bond motifs is 2. The van der Waals surface area contributed by atoms with Crippen LogP contribution in [-0.2, 0) is 33.9 Å². The Morgan fingerprint density at radius 3 is 2.56 bits per heavy atom. The van der Waals surface area contributed by atoms with Crippen LogP contribution in [0.5, 0.6) is 0 Å². The van der Waals surface area contributed by atoms with Crippen LogP contribution in [0.3, 0.4) is 0 Å². The standard InChI is InChI=1S/C26H38N2O7S/c1-17-9-7-5-4-6-8-10-19-14-26(19,24(32)27-36(33,34)25(3)11-12-25)15-22(30)21-13-20(35-18(2)29)16-28(21)23(17)31/h8,10,17,19-21H,4-7,9,11-16H2,1-3H3,(H,27,32)/b10-8-/t17-,19-,20+,21-,26+/m0/s1. The molecule has 0 aromatic carbocycles. The Bertz CT molecular complexity index is 1060. The van der Waals surface area contributed by atoms with Gasteiger partial charge in [-0.15, -0.1) is 0 Å². The molecule has 9 nitrogen and oxygen atoms in total. The predicted octanol–water partition coefficient (Wildman–Crippen LogP) is 2.64. The summed E-state index contributed by atoms with van der Waals surface area (Å²) in [6.07, 6.45) is 9.16. The lowest BCUT2D eigenvalue weighted by molar-refractivity contribution is -0.147. The second-order valence-corrected chi connectivity index (χ2v) is 13.6. The van der Waals surface area contributed by atoms with Crippen molar-refractivity contribution in [1.82, 2.24) is 9.62 Å². The largest absolute Gasteiger partial charge is 0.461 e. The summed E-state index contributed by atoms with van der Waals surface area (Å²) in [5.74, 6) is -2.05. The van der Waals surface area contributed by atoms with Crippen LogP contribution in [0.1, 0.15) is 85.0 Å². The summed E-state index contributed by atoms with van der Waals surface area (Å²) in [6, 6.07) is -0.804. The monoisotopic (exact) mass is 522 g/mol. The SMILES string of the molecule is CC(=O)O[C@@H]1C[C@H]2C(=O)C[C@]3(C(=O)NS(=O)(=O)C4(C)CC4)C[C@@H]3/C=C\CCCCC[C@H](C)C(=O)N2C1. The van der Waals surface area contributed by atoms with Gasteiger partial charge in [0.1, 0.15) is 6.10 Å². The van der Waals surface area contributed by atoms with Crippen LogP contribution < -0.4 is 4.72 Å². The van der Waals surface area contributed by atoms with Gasteiger partial charge in [-0.05, 0) is 51.4 Å². The molecule has 10 heteroatoms. The number of Topliss-reactive ketones (excluding diaryl/α,β-unsaturated/α-hetero) is 1. The van der Waals surface area contributed by atoms with Crippen molar-refractivity contribution >= 4 is 33.6 Å². The average molecular weight is 523 g/mol. The van der Waals surface area contributed by atoms with Gasteiger partial charge < -0.3 is 9.64 Å². The Morgan fingerprint density at radius 2 is 1.89 bits per heavy atom. The lowest BCUT2D eigenvalue weighted by Gasteiger charge is -2.27. The molecule has 2 aliphatic heterocycles. The fraction of sp³-hybridized carbons (Fsp3) is 0.769. The maximum Gasteiger partial charge on any atom is 0.302 e. The van der Waals surface area contributed by atoms with Gasteiger partial charge in [-0.25, -0.2) is 8.42 Å². The Balaban J connectivity index is 1.60. The van der Waals surface area contributed by atoms with E-state index >= 15 is 0 Å². The molecule has 3 fully saturated rings. The molecule has 1 N–H and O–H groups in total. The lowest BCUT2D eigenvalue weighted by Crippen LogP contribution is -2.46. The van der Waals surface area contributed by atoms with Crippen molar-refractivity contribution < 1.29 is 32.3 Å². The van der Waals surface area contributed by atoms with Crippen molar-refractivity contribution in [3.8, 4) is 0 Å². The molecule has 0 unspecified atom stereocenters. The van der Waals surface area contributed by atoms with E-state index in [2.05, 4.69) is 4.72 Å². The minimum atomic E-state index is -3.84. The second kappa shape index (κ2) is 9.91. The molecule has 0 aromatic heterocycles. The van der Waals surface area contributed by atoms with Gasteiger partial charge >= 0.3 is 5.97 Å². The van der Waals surface area contributed by atoms with Gasteiger partial charge in [0.05, 0.1) is 22.7 Å². The Morgan fingerprint density at radius 1 is 1.17 bits per heavy atom. The lowest BCUT2D eigenvalue weighted by atomic mass is 9.91. The number of ketones is 1. The molecule has 36 heavy (non-hydrogen) atoms. The van der Waals surface area contributed by atoms with E-state index < -0.39 is 44.2 Å². The first-order valence-corrected chi connectivity index (χ1v) is 14.6. The van der Waals surface area contributed by atoms with E-state index in [4.69, 9.17) is 4.74 Å². The summed E-state index contributed by atoms with van der Waals surface area (Å²) >= 11 is 0. The molecule has 0 bridgehead atoms. The number of hydrogen-bond donors (Lipinski definition) is 1. The van der Waals surface area contributed by atoms with Gasteiger partial charge in [-0.2, -0.15) is 0 Å². The number of amides is 2. The summed E-state index contributed by atoms with van der Waals surface area (Å²) in [6.45, 7) is 4.92. The maximum absolute atomic E-state index is 13.7. The third-order valence-electron chi connectivity index (χ3n) is 8.45. The highest BCUT2D eigenvalue weighted by Gasteiger charge is 2.62. The molecule has 0 radical (unpaired) electrons. The van der Waals surface area contributed by atoms with Crippen LogP contribution in [0, 0.1) is 17.3 Å². The van der Waals surface area contributed by atoms with Gasteiger partial charge in [-0.1, -0.05) is 31.9 Å². The third kappa shape index (κ3) is 5.38. The number of nitrogens with one attached hydrogen (secondary N) is 1. The van der Waals surface area contributed by atoms with Gasteiger partial charge in [0.15, 0.2) is 5.78 Å². The first kappa shape index (κ1) is 26.8. The normalized spacial score (nSPS) is 35.5. The fourth-order valence-electron chi connectivity index (χ4n) is 5.57. The number of nitrogens with zero attached hydrogens (tertiary/aromatic N) is 1. The van der Waals surface area contributed by atoms with Crippen LogP contribution in [-0.4, -0.2) is 60.3 Å². The van der Waals surface area contributed by atoms with Crippen LogP contribution in [0.15, 0.2) is 12.2 Å². The highest BCUT2D eigenvalue weighted by Crippen LogP contribution is 2.57. The van der Waals surface area contributed by atoms with Crippen molar-refractivity contribution in [2.45, 2.75) is 102 Å². The molecule has 4 rings (SSSR count). The van der Waals surface area contributed by atoms with E-state index in [0.717, 1.165) is 25.7 Å². The van der Waals surface area contributed by atoms with Crippen molar-refractivity contribution in [1.29, 1.82) is 0 Å². The van der Waals surface area contributed by atoms with Crippen LogP contribution >= 0.6 is 0 Å². The van der Waals surface area contributed by atoms with E-state index in [9.17, 15) is 27.6 Å². The topological polar surface area (TPSA) is 127 Å². The molecular formula is C26H38N2O7S. The minimum absolute atomic E-state index is 0.147. The summed E-state index contributed by atoms with van der Waals surface area (Å²) in [5.41, 5.74) is -1.15. The third-order valence-corrected chi connectivity index (χ3v) is 10.6. The zero-order valence-electron chi connectivity index (χ0n) is 21.5. The van der Waals surface area contributed by atoms with Crippen molar-refractivity contribution in [3.05, 3.63) is 12.2 Å². The number of hydrogen-bond acceptors (Lipinski definition) is 7. The Kier molecular flexibility index (Phi) is 7.38. The van der Waals surface area contributed by atoms with E-state index in [-0.39, 0.29) is 42.9 Å². The first-order chi connectivity index (χ1) is 16.9. The molecular weight excluding hydrogens is 484 g/mol. The van der Waals surface area contributed by atoms with E-state index in [0.29, 0.717) is 25.7 Å². The van der Waals surface area contributed by atoms with Gasteiger partial charge in [-0.3, -0.25) is 23.9 Å². The van der Waals surface area contributed by atoms with E-state index in [1.807, 2.05) is 19.1 Å². The van der Waals surface area contributed by atoms with Crippen molar-refractivity contribution in [3.63, 3.8) is 0 Å². The van der Waals surface area contributed by atoms with Gasteiger partial charge in [0.25, 0.3) is 0 Å². The number of esters is 1. The van der Waals surface area contributed by atoms with Gasteiger partial charge in [0.2, 0.25) is 21.8 Å². The van der Waals surface area contributed by atoms with E-state index in [1.54, 1.807) is 6.92 Å². The summed E-state index contributed by atoms with van der Waals surface area (Å²) in [5, 5.41) is 0. The number of rotatable bonds is 4. The van der Waals surface area contributed by atoms with E-state index in [1.165, 1.54) is 11.8 Å². The van der Waals surface area contributed by atoms with Crippen molar-refractivity contribution in [2.75, 3.05) is 6.54 Å². The molecule has 4 aliphatic rings. The molecule has 5 atom stereocenters. The highest BCUT2D eigenvalue weighted by molar-refractivity contribution is 7.91. The molecule has 2 heterocycles. The Labute approximate surface area is 213 Å². The van der Waals surface area contributed by atoms with Crippen LogP contribution in [0.4, 0.5) is 0 Å². The quantitative estimate of drug-likeness (QED) is 0.444. The van der Waals surface area contributed by atoms with Crippen LogP contribution in [0.25, 0.3) is 0 Å². The number of carbonyl (C=O) groups excluding carboxylic acids is 4. The second-order valence-electron chi connectivity index (χ2n) is 11.4. The molecule has 2 aliphatic carbocycles. The molecule has 0 spiro atoms. The fourth-order valence-corrected chi connectivity index (χ4v) is 6.91. The Hall–Kier alpha value is -2.23. The zero-order valence-corrected chi connectivity index (χ0v) is 22.3. The van der Waals surface area contributed by atoms with Gasteiger partial charge in [0, 0.05) is 25.7 Å². The first-order valence-electron chi connectivity index (χ1n) is 13.1. The molecule has 0 aromatic rings. The highest BCUT2D eigenvalue weighted by atomic mass is 32.2. The molecule has 2 saturated carbocycles. The number of sulfonamides is 1. The number of allylic oxidation sites excluding steroid dienone is 2.